The molecule has 2 aromatic rings. The van der Waals surface area contributed by atoms with Crippen molar-refractivity contribution in [3.05, 3.63) is 65.2 Å². The van der Waals surface area contributed by atoms with Crippen LogP contribution >= 0.6 is 0 Å². The zero-order valence-corrected chi connectivity index (χ0v) is 13.2. The van der Waals surface area contributed by atoms with Gasteiger partial charge in [0, 0.05) is 23.4 Å². The Kier molecular flexibility index (Phi) is 5.82. The van der Waals surface area contributed by atoms with E-state index in [1.54, 1.807) is 6.92 Å². The zero-order valence-electron chi connectivity index (χ0n) is 13.2. The van der Waals surface area contributed by atoms with Crippen molar-refractivity contribution in [2.45, 2.75) is 26.3 Å². The van der Waals surface area contributed by atoms with E-state index in [0.29, 0.717) is 5.56 Å². The van der Waals surface area contributed by atoms with Crippen LogP contribution in [-0.4, -0.2) is 12.5 Å². The van der Waals surface area contributed by atoms with Gasteiger partial charge in [-0.2, -0.15) is 0 Å². The fraction of sp³-hybridized carbons (Fsp3) is 0.278. The Bertz CT molecular complexity index is 688. The van der Waals surface area contributed by atoms with Crippen LogP contribution in [0.25, 0.3) is 0 Å². The molecule has 23 heavy (non-hydrogen) atoms. The van der Waals surface area contributed by atoms with Crippen molar-refractivity contribution in [1.29, 1.82) is 0 Å². The van der Waals surface area contributed by atoms with Crippen LogP contribution in [0.3, 0.4) is 0 Å². The number of benzene rings is 2. The van der Waals surface area contributed by atoms with Crippen LogP contribution in [0.5, 0.6) is 0 Å². The first-order chi connectivity index (χ1) is 11.0. The third kappa shape index (κ3) is 4.86. The van der Waals surface area contributed by atoms with E-state index in [9.17, 15) is 13.6 Å². The van der Waals surface area contributed by atoms with E-state index < -0.39 is 17.7 Å². The lowest BCUT2D eigenvalue weighted by atomic mass is 10.1. The van der Waals surface area contributed by atoms with Gasteiger partial charge in [-0.3, -0.25) is 4.79 Å². The summed E-state index contributed by atoms with van der Waals surface area (Å²) in [7, 11) is 0. The second-order valence-corrected chi connectivity index (χ2v) is 5.37. The molecule has 2 aromatic carbocycles. The van der Waals surface area contributed by atoms with E-state index in [1.807, 2.05) is 31.2 Å². The Morgan fingerprint density at radius 3 is 2.65 bits per heavy atom. The van der Waals surface area contributed by atoms with Crippen LogP contribution in [0.1, 0.15) is 31.0 Å². The molecule has 1 atom stereocenters. The van der Waals surface area contributed by atoms with Gasteiger partial charge < -0.3 is 10.6 Å². The van der Waals surface area contributed by atoms with Crippen LogP contribution in [0.4, 0.5) is 14.5 Å². The molecule has 5 heteroatoms. The van der Waals surface area contributed by atoms with Crippen LogP contribution < -0.4 is 10.6 Å². The molecule has 0 heterocycles. The number of hydrogen-bond acceptors (Lipinski definition) is 2. The summed E-state index contributed by atoms with van der Waals surface area (Å²) in [6, 6.07) is 10.6. The van der Waals surface area contributed by atoms with Gasteiger partial charge in [0.05, 0.1) is 6.54 Å². The van der Waals surface area contributed by atoms with Gasteiger partial charge in [-0.1, -0.05) is 25.1 Å². The van der Waals surface area contributed by atoms with Gasteiger partial charge in [0.2, 0.25) is 5.91 Å². The standard InChI is InChI=1S/C18H20F2N2O/c1-3-13-5-4-6-15(9-13)22-18(23)11-21-12(2)16-8-7-14(19)10-17(16)20/h4-10,12,21H,3,11H2,1-2H3,(H,22,23). The zero-order chi connectivity index (χ0) is 16.8. The van der Waals surface area contributed by atoms with Crippen molar-refractivity contribution >= 4 is 11.6 Å². The molecule has 1 unspecified atom stereocenters. The lowest BCUT2D eigenvalue weighted by Gasteiger charge is -2.15. The maximum atomic E-state index is 13.7. The molecule has 0 fully saturated rings. The summed E-state index contributed by atoms with van der Waals surface area (Å²) in [5.41, 5.74) is 2.20. The predicted molar refractivity (Wildman–Crippen MR) is 87.2 cm³/mol. The molecule has 0 radical (unpaired) electrons. The molecule has 0 aliphatic carbocycles. The highest BCUT2D eigenvalue weighted by Crippen LogP contribution is 2.17. The molecular weight excluding hydrogens is 298 g/mol. The molecule has 3 nitrogen and oxygen atoms in total. The summed E-state index contributed by atoms with van der Waals surface area (Å²) in [5, 5.41) is 5.73. The second-order valence-electron chi connectivity index (χ2n) is 5.37. The smallest absolute Gasteiger partial charge is 0.238 e. The normalized spacial score (nSPS) is 12.0. The quantitative estimate of drug-likeness (QED) is 0.850. The number of carbonyl (C=O) groups excluding carboxylic acids is 1. The van der Waals surface area contributed by atoms with Gasteiger partial charge in [0.15, 0.2) is 0 Å². The molecule has 2 rings (SSSR count). The minimum Gasteiger partial charge on any atom is -0.325 e. The molecular formula is C18H20F2N2O. The molecule has 1 amide bonds. The van der Waals surface area contributed by atoms with Crippen molar-refractivity contribution < 1.29 is 13.6 Å². The minimum atomic E-state index is -0.624. The van der Waals surface area contributed by atoms with E-state index >= 15 is 0 Å². The highest BCUT2D eigenvalue weighted by molar-refractivity contribution is 5.92. The first-order valence-corrected chi connectivity index (χ1v) is 7.56. The van der Waals surface area contributed by atoms with Crippen LogP contribution in [0, 0.1) is 11.6 Å². The summed E-state index contributed by atoms with van der Waals surface area (Å²) in [6.07, 6.45) is 0.892. The number of rotatable bonds is 6. The highest BCUT2D eigenvalue weighted by Gasteiger charge is 2.12. The molecule has 0 saturated carbocycles. The van der Waals surface area contributed by atoms with E-state index in [2.05, 4.69) is 10.6 Å². The SMILES string of the molecule is CCc1cccc(NC(=O)CNC(C)c2ccc(F)cc2F)c1. The minimum absolute atomic E-state index is 0.0360. The van der Waals surface area contributed by atoms with Crippen molar-refractivity contribution in [1.82, 2.24) is 5.32 Å². The lowest BCUT2D eigenvalue weighted by Crippen LogP contribution is -2.30. The van der Waals surface area contributed by atoms with E-state index in [1.165, 1.54) is 12.1 Å². The van der Waals surface area contributed by atoms with Gasteiger partial charge in [0.1, 0.15) is 11.6 Å². The average Bonchev–Trinajstić information content (AvgIpc) is 2.53. The largest absolute Gasteiger partial charge is 0.325 e. The fourth-order valence-corrected chi connectivity index (χ4v) is 2.28. The molecule has 0 aromatic heterocycles. The molecule has 0 aliphatic rings. The predicted octanol–water partition coefficient (Wildman–Crippen LogP) is 3.82. The Labute approximate surface area is 134 Å². The third-order valence-corrected chi connectivity index (χ3v) is 3.62. The summed E-state index contributed by atoms with van der Waals surface area (Å²) in [4.78, 5) is 12.0. The molecule has 0 bridgehead atoms. The number of aryl methyl sites for hydroxylation is 1. The Morgan fingerprint density at radius 1 is 1.17 bits per heavy atom. The van der Waals surface area contributed by atoms with Crippen molar-refractivity contribution in [2.75, 3.05) is 11.9 Å². The van der Waals surface area contributed by atoms with Gasteiger partial charge in [-0.05, 0) is 37.1 Å². The van der Waals surface area contributed by atoms with Crippen molar-refractivity contribution in [2.24, 2.45) is 0 Å². The van der Waals surface area contributed by atoms with Gasteiger partial charge in [-0.25, -0.2) is 8.78 Å². The Hall–Kier alpha value is -2.27. The number of nitrogens with one attached hydrogen (secondary N) is 2. The lowest BCUT2D eigenvalue weighted by molar-refractivity contribution is -0.115. The van der Waals surface area contributed by atoms with Crippen LogP contribution in [-0.2, 0) is 11.2 Å². The van der Waals surface area contributed by atoms with E-state index in [0.717, 1.165) is 23.7 Å². The maximum absolute atomic E-state index is 13.7. The maximum Gasteiger partial charge on any atom is 0.238 e. The van der Waals surface area contributed by atoms with Crippen molar-refractivity contribution in [3.8, 4) is 0 Å². The Morgan fingerprint density at radius 2 is 1.96 bits per heavy atom. The Balaban J connectivity index is 1.90. The summed E-state index contributed by atoms with van der Waals surface area (Å²) in [5.74, 6) is -1.46. The van der Waals surface area contributed by atoms with Gasteiger partial charge in [-0.15, -0.1) is 0 Å². The average molecular weight is 318 g/mol. The third-order valence-electron chi connectivity index (χ3n) is 3.62. The fourth-order valence-electron chi connectivity index (χ4n) is 2.28. The number of anilines is 1. The van der Waals surface area contributed by atoms with Crippen molar-refractivity contribution in [3.63, 3.8) is 0 Å². The molecule has 122 valence electrons. The van der Waals surface area contributed by atoms with E-state index in [-0.39, 0.29) is 12.5 Å². The summed E-state index contributed by atoms with van der Waals surface area (Å²) in [6.45, 7) is 3.80. The molecule has 0 spiro atoms. The van der Waals surface area contributed by atoms with Gasteiger partial charge >= 0.3 is 0 Å². The van der Waals surface area contributed by atoms with Gasteiger partial charge in [0.25, 0.3) is 0 Å². The number of amides is 1. The summed E-state index contributed by atoms with van der Waals surface area (Å²) >= 11 is 0. The van der Waals surface area contributed by atoms with E-state index in [4.69, 9.17) is 0 Å². The molecule has 0 aliphatic heterocycles. The monoisotopic (exact) mass is 318 g/mol. The molecule has 2 N–H and O–H groups in total. The van der Waals surface area contributed by atoms with Crippen LogP contribution in [0.2, 0.25) is 0 Å². The topological polar surface area (TPSA) is 41.1 Å². The summed E-state index contributed by atoms with van der Waals surface area (Å²) < 4.78 is 26.6. The second kappa shape index (κ2) is 7.83. The highest BCUT2D eigenvalue weighted by atomic mass is 19.1. The first kappa shape index (κ1) is 17.1. The number of hydrogen-bond donors (Lipinski definition) is 2. The molecule has 0 saturated heterocycles. The number of carbonyl (C=O) groups is 1. The number of halogens is 2. The van der Waals surface area contributed by atoms with Crippen LogP contribution in [0.15, 0.2) is 42.5 Å². The first-order valence-electron chi connectivity index (χ1n) is 7.56.